The highest BCUT2D eigenvalue weighted by Crippen LogP contribution is 2.09. The third-order valence-electron chi connectivity index (χ3n) is 5.72. The molecule has 0 saturated carbocycles. The second-order valence-corrected chi connectivity index (χ2v) is 8.19. The summed E-state index contributed by atoms with van der Waals surface area (Å²) < 4.78 is 5.04. The monoisotopic (exact) mass is 460 g/mol. The molecule has 2 fully saturated rings. The molecule has 2 aliphatic heterocycles. The molecule has 2 heterocycles. The van der Waals surface area contributed by atoms with Crippen LogP contribution in [0.5, 0.6) is 0 Å². The van der Waals surface area contributed by atoms with E-state index in [9.17, 15) is 4.79 Å². The minimum atomic E-state index is -0.239. The lowest BCUT2D eigenvalue weighted by atomic mass is 10.2. The van der Waals surface area contributed by atoms with Crippen molar-refractivity contribution in [1.29, 1.82) is 5.41 Å². The maximum atomic E-state index is 11.7. The summed E-state index contributed by atoms with van der Waals surface area (Å²) in [6, 6.07) is 0.545. The van der Waals surface area contributed by atoms with Gasteiger partial charge in [0.2, 0.25) is 0 Å². The Morgan fingerprint density at radius 2 is 1.73 bits per heavy atom. The fourth-order valence-electron chi connectivity index (χ4n) is 3.65. The van der Waals surface area contributed by atoms with Crippen LogP contribution in [0.2, 0.25) is 0 Å². The molecule has 0 aliphatic carbocycles. The molecular weight excluding hydrogens is 420 g/mol. The first-order chi connectivity index (χ1) is 16.0. The number of hydrogen-bond donors (Lipinski definition) is 2. The molecule has 184 valence electrons. The van der Waals surface area contributed by atoms with Crippen molar-refractivity contribution >= 4 is 24.4 Å². The fraction of sp³-hybridized carbons (Fsp3) is 0.652. The molecule has 0 radical (unpaired) electrons. The smallest absolute Gasteiger partial charge is 0.409 e. The van der Waals surface area contributed by atoms with E-state index in [2.05, 4.69) is 44.1 Å². The Hall–Kier alpha value is -2.88. The number of nitrogens with zero attached hydrogens (tertiary/aromatic N) is 6. The molecule has 0 aromatic carbocycles. The van der Waals surface area contributed by atoms with Crippen molar-refractivity contribution in [2.75, 3.05) is 59.0 Å². The maximum absolute atomic E-state index is 11.7. The summed E-state index contributed by atoms with van der Waals surface area (Å²) in [5, 5.41) is 12.0. The highest BCUT2D eigenvalue weighted by Gasteiger charge is 2.21. The first-order valence-corrected chi connectivity index (χ1v) is 11.9. The lowest BCUT2D eigenvalue weighted by molar-refractivity contribution is 0.0891. The molecule has 2 aliphatic rings. The Morgan fingerprint density at radius 1 is 1.06 bits per heavy atom. The second-order valence-electron chi connectivity index (χ2n) is 8.19. The van der Waals surface area contributed by atoms with Gasteiger partial charge in [0.1, 0.15) is 5.84 Å². The Bertz CT molecular complexity index is 731. The summed E-state index contributed by atoms with van der Waals surface area (Å²) in [6.45, 7) is 15.3. The molecule has 0 unspecified atom stereocenters. The van der Waals surface area contributed by atoms with Gasteiger partial charge in [0.15, 0.2) is 0 Å². The van der Waals surface area contributed by atoms with Crippen molar-refractivity contribution in [2.45, 2.75) is 40.2 Å². The van der Waals surface area contributed by atoms with Gasteiger partial charge in [-0.25, -0.2) is 9.79 Å². The van der Waals surface area contributed by atoms with Crippen LogP contribution in [-0.4, -0.2) is 109 Å². The van der Waals surface area contributed by atoms with Crippen LogP contribution in [0.25, 0.3) is 0 Å². The molecule has 10 nitrogen and oxygen atoms in total. The number of aliphatic imine (C=N–C) groups is 1. The summed E-state index contributed by atoms with van der Waals surface area (Å²) in [5.74, 6) is 0.694. The van der Waals surface area contributed by atoms with Crippen molar-refractivity contribution in [1.82, 2.24) is 25.0 Å². The van der Waals surface area contributed by atoms with Crippen LogP contribution in [0.15, 0.2) is 34.3 Å². The van der Waals surface area contributed by atoms with Gasteiger partial charge in [-0.2, -0.15) is 5.10 Å². The molecule has 0 bridgehead atoms. The standard InChI is InChI=1S/C23H40N8O2/c1-5-21(27-22(18-24)30-16-14-29(15-17-30)20(3)4)19-26-25-8-7-9-28-10-12-31(13-11-28)23(32)33-6-2/h7-9,18-20,24,26H,5-6,10-17H2,1-4H3/b9-7+,21-19?,24-18?,25-8-,27-22?. The van der Waals surface area contributed by atoms with Crippen LogP contribution >= 0.6 is 0 Å². The highest BCUT2D eigenvalue weighted by atomic mass is 16.6. The SMILES string of the molecule is CCOC(=O)N1CCN(/C=C/C=N\NC=C(CC)N=C(C=N)N2CCN(C(C)C)CC2)CC1. The van der Waals surface area contributed by atoms with Crippen LogP contribution in [0.1, 0.15) is 34.1 Å². The summed E-state index contributed by atoms with van der Waals surface area (Å²) in [5.41, 5.74) is 3.77. The number of allylic oxidation sites excluding steroid dienone is 2. The molecule has 10 heteroatoms. The zero-order valence-electron chi connectivity index (χ0n) is 20.5. The Labute approximate surface area is 198 Å². The largest absolute Gasteiger partial charge is 0.450 e. The zero-order chi connectivity index (χ0) is 24.1. The normalized spacial score (nSPS) is 19.1. The topological polar surface area (TPSA) is 99.9 Å². The number of carbonyl (C=O) groups is 1. The van der Waals surface area contributed by atoms with Crippen molar-refractivity contribution in [3.05, 3.63) is 24.2 Å². The highest BCUT2D eigenvalue weighted by molar-refractivity contribution is 6.28. The van der Waals surface area contributed by atoms with Gasteiger partial charge < -0.3 is 24.8 Å². The number of nitrogens with one attached hydrogen (secondary N) is 2. The molecule has 2 N–H and O–H groups in total. The van der Waals surface area contributed by atoms with Crippen molar-refractivity contribution in [3.8, 4) is 0 Å². The van der Waals surface area contributed by atoms with Crippen LogP contribution < -0.4 is 5.43 Å². The van der Waals surface area contributed by atoms with Gasteiger partial charge in [0.05, 0.1) is 18.5 Å². The molecule has 2 saturated heterocycles. The van der Waals surface area contributed by atoms with Gasteiger partial charge >= 0.3 is 6.09 Å². The van der Waals surface area contributed by atoms with Crippen LogP contribution in [0.3, 0.4) is 0 Å². The minimum absolute atomic E-state index is 0.239. The number of rotatable bonds is 9. The summed E-state index contributed by atoms with van der Waals surface area (Å²) >= 11 is 0. The van der Waals surface area contributed by atoms with Gasteiger partial charge in [-0.3, -0.25) is 10.3 Å². The van der Waals surface area contributed by atoms with Crippen molar-refractivity contribution in [3.63, 3.8) is 0 Å². The van der Waals surface area contributed by atoms with E-state index in [4.69, 9.17) is 10.1 Å². The number of piperazine rings is 2. The lowest BCUT2D eigenvalue weighted by Crippen LogP contribution is -2.51. The first kappa shape index (κ1) is 26.4. The van der Waals surface area contributed by atoms with E-state index >= 15 is 0 Å². The molecule has 1 amide bonds. The number of ether oxygens (including phenoxy) is 1. The second kappa shape index (κ2) is 14.3. The van der Waals surface area contributed by atoms with E-state index in [1.165, 1.54) is 6.21 Å². The summed E-state index contributed by atoms with van der Waals surface area (Å²) in [6.07, 6.45) is 9.14. The molecule has 0 spiro atoms. The quantitative estimate of drug-likeness (QED) is 0.311. The molecule has 0 aromatic heterocycles. The molecule has 0 atom stereocenters. The maximum Gasteiger partial charge on any atom is 0.409 e. The van der Waals surface area contributed by atoms with Crippen LogP contribution in [-0.2, 0) is 4.74 Å². The van der Waals surface area contributed by atoms with Crippen molar-refractivity contribution < 1.29 is 9.53 Å². The van der Waals surface area contributed by atoms with E-state index in [0.29, 0.717) is 31.6 Å². The fourth-order valence-corrected chi connectivity index (χ4v) is 3.65. The Balaban J connectivity index is 1.79. The molecule has 33 heavy (non-hydrogen) atoms. The van der Waals surface area contributed by atoms with E-state index in [1.54, 1.807) is 17.3 Å². The average Bonchev–Trinajstić information content (AvgIpc) is 2.83. The lowest BCUT2D eigenvalue weighted by Gasteiger charge is -2.37. The average molecular weight is 461 g/mol. The third-order valence-corrected chi connectivity index (χ3v) is 5.72. The van der Waals surface area contributed by atoms with E-state index in [0.717, 1.165) is 51.4 Å². The van der Waals surface area contributed by atoms with Gasteiger partial charge in [-0.1, -0.05) is 6.92 Å². The zero-order valence-corrected chi connectivity index (χ0v) is 20.5. The van der Waals surface area contributed by atoms with E-state index in [1.807, 2.05) is 26.1 Å². The van der Waals surface area contributed by atoms with E-state index in [-0.39, 0.29) is 6.09 Å². The molecule has 0 aromatic rings. The molecular formula is C23H40N8O2. The Kier molecular flexibility index (Phi) is 11.4. The Morgan fingerprint density at radius 3 is 2.30 bits per heavy atom. The number of hydrazone groups is 1. The van der Waals surface area contributed by atoms with Crippen LogP contribution in [0.4, 0.5) is 4.79 Å². The van der Waals surface area contributed by atoms with Gasteiger partial charge in [-0.15, -0.1) is 0 Å². The van der Waals surface area contributed by atoms with Crippen LogP contribution in [0, 0.1) is 5.41 Å². The molecule has 2 rings (SSSR count). The van der Waals surface area contributed by atoms with Gasteiger partial charge in [0.25, 0.3) is 0 Å². The van der Waals surface area contributed by atoms with E-state index < -0.39 is 0 Å². The summed E-state index contributed by atoms with van der Waals surface area (Å²) in [7, 11) is 0. The number of hydrogen-bond acceptors (Lipinski definition) is 8. The minimum Gasteiger partial charge on any atom is -0.450 e. The van der Waals surface area contributed by atoms with Crippen molar-refractivity contribution in [2.24, 2.45) is 10.1 Å². The van der Waals surface area contributed by atoms with Gasteiger partial charge in [0, 0.05) is 77.0 Å². The number of amidine groups is 1. The predicted molar refractivity (Wildman–Crippen MR) is 134 cm³/mol. The summed E-state index contributed by atoms with van der Waals surface area (Å²) in [4.78, 5) is 24.9. The van der Waals surface area contributed by atoms with Gasteiger partial charge in [-0.05, 0) is 33.3 Å². The number of amides is 1. The number of carbonyl (C=O) groups excluding carboxylic acids is 1. The predicted octanol–water partition coefficient (Wildman–Crippen LogP) is 2.18. The first-order valence-electron chi connectivity index (χ1n) is 11.9. The third kappa shape index (κ3) is 8.88.